The Morgan fingerprint density at radius 1 is 0.750 bits per heavy atom. The van der Waals surface area contributed by atoms with Gasteiger partial charge < -0.3 is 20.8 Å². The lowest BCUT2D eigenvalue weighted by Gasteiger charge is -2.53. The van der Waals surface area contributed by atoms with Gasteiger partial charge in [0.25, 0.3) is 0 Å². The predicted octanol–water partition coefficient (Wildman–Crippen LogP) is 1.12. The van der Waals surface area contributed by atoms with Gasteiger partial charge in [-0.05, 0) is 64.5 Å². The van der Waals surface area contributed by atoms with Gasteiger partial charge in [-0.2, -0.15) is 0 Å². The average molecular weight is 336 g/mol. The predicted molar refractivity (Wildman–Crippen MR) is 91.6 cm³/mol. The second-order valence-corrected chi connectivity index (χ2v) is 8.82. The van der Waals surface area contributed by atoms with Gasteiger partial charge in [0.05, 0.1) is 11.2 Å². The minimum absolute atomic E-state index is 0.00703. The fraction of sp³-hybridized carbons (Fsp3) is 0.947. The molecule has 0 radical (unpaired) electrons. The molecule has 0 bridgehead atoms. The van der Waals surface area contributed by atoms with E-state index >= 15 is 0 Å². The summed E-state index contributed by atoms with van der Waals surface area (Å²) in [6.07, 6.45) is 9.20. The topological polar surface area (TPSA) is 81.6 Å². The van der Waals surface area contributed by atoms with E-state index in [-0.39, 0.29) is 29.7 Å². The van der Waals surface area contributed by atoms with Crippen molar-refractivity contribution in [2.45, 2.75) is 87.5 Å². The molecule has 0 spiro atoms. The summed E-state index contributed by atoms with van der Waals surface area (Å²) in [5.74, 6) is 0.302. The van der Waals surface area contributed by atoms with Crippen LogP contribution in [0.1, 0.15) is 64.2 Å². The lowest BCUT2D eigenvalue weighted by atomic mass is 9.57. The van der Waals surface area contributed by atoms with E-state index in [1.807, 2.05) is 0 Å². The third-order valence-electron chi connectivity index (χ3n) is 7.12. The van der Waals surface area contributed by atoms with Crippen molar-refractivity contribution in [3.8, 4) is 0 Å². The Kier molecular flexibility index (Phi) is 4.48. The number of carbonyl (C=O) groups is 1. The first kappa shape index (κ1) is 17.0. The summed E-state index contributed by atoms with van der Waals surface area (Å²) in [5.41, 5.74) is -1.35. The Labute approximate surface area is 144 Å². The van der Waals surface area contributed by atoms with Gasteiger partial charge in [0.15, 0.2) is 0 Å². The first-order valence-electron chi connectivity index (χ1n) is 9.95. The van der Waals surface area contributed by atoms with Crippen LogP contribution >= 0.6 is 0 Å². The number of hydrogen-bond donors (Lipinski definition) is 4. The van der Waals surface area contributed by atoms with Crippen LogP contribution in [0.3, 0.4) is 0 Å². The fourth-order valence-electron chi connectivity index (χ4n) is 5.51. The fourth-order valence-corrected chi connectivity index (χ4v) is 5.51. The highest BCUT2D eigenvalue weighted by molar-refractivity contribution is 5.85. The number of hydrogen-bond acceptors (Lipinski definition) is 5. The molecule has 4 fully saturated rings. The summed E-state index contributed by atoms with van der Waals surface area (Å²) in [6.45, 7) is 1.96. The van der Waals surface area contributed by atoms with Gasteiger partial charge >= 0.3 is 0 Å². The minimum atomic E-state index is -0.675. The lowest BCUT2D eigenvalue weighted by Crippen LogP contribution is -2.64. The molecule has 4 rings (SSSR count). The molecular formula is C19H32N2O3. The third-order valence-corrected chi connectivity index (χ3v) is 7.12. The van der Waals surface area contributed by atoms with Gasteiger partial charge in [0.1, 0.15) is 5.78 Å². The Morgan fingerprint density at radius 3 is 1.50 bits per heavy atom. The maximum Gasteiger partial charge on any atom is 0.139 e. The molecule has 2 atom stereocenters. The molecule has 0 aromatic heterocycles. The molecule has 5 heteroatoms. The molecule has 0 amide bonds. The van der Waals surface area contributed by atoms with Crippen molar-refractivity contribution in [2.75, 3.05) is 13.1 Å². The normalized spacial score (nSPS) is 49.1. The van der Waals surface area contributed by atoms with Gasteiger partial charge in [-0.25, -0.2) is 0 Å². The maximum absolute atomic E-state index is 12.7. The molecule has 2 unspecified atom stereocenters. The van der Waals surface area contributed by atoms with Crippen LogP contribution in [-0.2, 0) is 4.79 Å². The number of rotatable bonds is 4. The molecule has 0 aromatic carbocycles. The average Bonchev–Trinajstić information content (AvgIpc) is 2.57. The minimum Gasteiger partial charge on any atom is -0.388 e. The summed E-state index contributed by atoms with van der Waals surface area (Å²) < 4.78 is 0. The van der Waals surface area contributed by atoms with E-state index in [1.54, 1.807) is 0 Å². The van der Waals surface area contributed by atoms with Crippen molar-refractivity contribution >= 4 is 5.78 Å². The van der Waals surface area contributed by atoms with Crippen molar-refractivity contribution in [3.05, 3.63) is 0 Å². The van der Waals surface area contributed by atoms with Crippen molar-refractivity contribution < 1.29 is 15.0 Å². The molecule has 24 heavy (non-hydrogen) atoms. The Hall–Kier alpha value is -0.490. The smallest absolute Gasteiger partial charge is 0.139 e. The molecule has 136 valence electrons. The first-order valence-corrected chi connectivity index (χ1v) is 9.95. The van der Waals surface area contributed by atoms with Crippen molar-refractivity contribution in [3.63, 3.8) is 0 Å². The highest BCUT2D eigenvalue weighted by Crippen LogP contribution is 2.49. The van der Waals surface area contributed by atoms with E-state index in [4.69, 9.17) is 0 Å². The first-order chi connectivity index (χ1) is 11.5. The van der Waals surface area contributed by atoms with E-state index in [9.17, 15) is 15.0 Å². The lowest BCUT2D eigenvalue weighted by molar-refractivity contribution is -0.165. The molecule has 5 nitrogen and oxygen atoms in total. The van der Waals surface area contributed by atoms with Gasteiger partial charge in [0, 0.05) is 23.9 Å². The van der Waals surface area contributed by atoms with E-state index in [2.05, 4.69) is 10.6 Å². The highest BCUT2D eigenvalue weighted by Gasteiger charge is 2.56. The van der Waals surface area contributed by atoms with Crippen LogP contribution < -0.4 is 10.6 Å². The molecule has 2 heterocycles. The standard InChI is InChI=1S/C19H32N2O3/c22-17(13-9-18(23,10-13)15-5-1-3-7-20-15)14-11-19(24,12-14)16-6-2-4-8-21-16/h13-16,20-21,23-24H,1-12H2. The summed E-state index contributed by atoms with van der Waals surface area (Å²) in [7, 11) is 0. The van der Waals surface area contributed by atoms with E-state index in [0.29, 0.717) is 25.7 Å². The molecule has 4 aliphatic rings. The van der Waals surface area contributed by atoms with E-state index in [0.717, 1.165) is 25.9 Å². The number of Topliss-reactive ketones (excluding diaryl/α,β-unsaturated/α-hetero) is 1. The quantitative estimate of drug-likeness (QED) is 0.619. The van der Waals surface area contributed by atoms with E-state index in [1.165, 1.54) is 25.7 Å². The van der Waals surface area contributed by atoms with Crippen molar-refractivity contribution in [1.82, 2.24) is 10.6 Å². The van der Waals surface area contributed by atoms with Crippen LogP contribution in [0.25, 0.3) is 0 Å². The van der Waals surface area contributed by atoms with Crippen LogP contribution in [0.5, 0.6) is 0 Å². The molecule has 2 aliphatic carbocycles. The van der Waals surface area contributed by atoms with Crippen LogP contribution in [0.2, 0.25) is 0 Å². The molecular weight excluding hydrogens is 304 g/mol. The van der Waals surface area contributed by atoms with Crippen LogP contribution in [0, 0.1) is 11.8 Å². The molecule has 2 aliphatic heterocycles. The molecule has 2 saturated heterocycles. The Bertz CT molecular complexity index is 429. The van der Waals surface area contributed by atoms with Crippen molar-refractivity contribution in [2.24, 2.45) is 11.8 Å². The van der Waals surface area contributed by atoms with E-state index < -0.39 is 11.2 Å². The zero-order valence-corrected chi connectivity index (χ0v) is 14.6. The van der Waals surface area contributed by atoms with Crippen LogP contribution in [0.15, 0.2) is 0 Å². The SMILES string of the molecule is O=C(C1CC(O)(C2CCCCN2)C1)C1CC(O)(C2CCCCN2)C1. The molecule has 4 N–H and O–H groups in total. The second kappa shape index (κ2) is 6.35. The zero-order chi connectivity index (χ0) is 16.8. The summed E-state index contributed by atoms with van der Waals surface area (Å²) >= 11 is 0. The maximum atomic E-state index is 12.7. The summed E-state index contributed by atoms with van der Waals surface area (Å²) in [5, 5.41) is 28.4. The molecule has 0 aromatic rings. The molecule has 2 saturated carbocycles. The van der Waals surface area contributed by atoms with Crippen LogP contribution in [0.4, 0.5) is 0 Å². The highest BCUT2D eigenvalue weighted by atomic mass is 16.3. The summed E-state index contributed by atoms with van der Waals surface area (Å²) in [6, 6.07) is 0.333. The Balaban J connectivity index is 1.26. The van der Waals surface area contributed by atoms with Crippen molar-refractivity contribution in [1.29, 1.82) is 0 Å². The second-order valence-electron chi connectivity index (χ2n) is 8.82. The van der Waals surface area contributed by atoms with Gasteiger partial charge in [-0.1, -0.05) is 12.8 Å². The van der Waals surface area contributed by atoms with Gasteiger partial charge in [-0.3, -0.25) is 4.79 Å². The Morgan fingerprint density at radius 2 is 1.17 bits per heavy atom. The monoisotopic (exact) mass is 336 g/mol. The zero-order valence-electron chi connectivity index (χ0n) is 14.6. The largest absolute Gasteiger partial charge is 0.388 e. The number of ketones is 1. The number of nitrogens with one attached hydrogen (secondary N) is 2. The third kappa shape index (κ3) is 2.94. The number of piperidine rings is 2. The van der Waals surface area contributed by atoms with Gasteiger partial charge in [0.2, 0.25) is 0 Å². The van der Waals surface area contributed by atoms with Gasteiger partial charge in [-0.15, -0.1) is 0 Å². The number of aliphatic hydroxyl groups is 2. The summed E-state index contributed by atoms with van der Waals surface area (Å²) in [4.78, 5) is 12.7. The van der Waals surface area contributed by atoms with Crippen LogP contribution in [-0.4, -0.2) is 52.4 Å². The number of carbonyl (C=O) groups excluding carboxylic acids is 1.